The van der Waals surface area contributed by atoms with Gasteiger partial charge >= 0.3 is 0 Å². The minimum Gasteiger partial charge on any atom is -0.369 e. The Hall–Kier alpha value is -1.58. The van der Waals surface area contributed by atoms with E-state index >= 15 is 0 Å². The Morgan fingerprint density at radius 3 is 2.84 bits per heavy atom. The average molecular weight is 289 g/mol. The third-order valence-electron chi connectivity index (χ3n) is 3.08. The predicted molar refractivity (Wildman–Crippen MR) is 83.1 cm³/mol. The van der Waals surface area contributed by atoms with Gasteiger partial charge in [-0.1, -0.05) is 35.9 Å². The van der Waals surface area contributed by atoms with Crippen molar-refractivity contribution in [3.05, 3.63) is 59.1 Å². The average Bonchev–Trinajstić information content (AvgIpc) is 2.82. The molecule has 0 amide bonds. The summed E-state index contributed by atoms with van der Waals surface area (Å²) in [6.07, 6.45) is 0. The third-order valence-corrected chi connectivity index (χ3v) is 4.12. The molecule has 96 valence electrons. The molecule has 19 heavy (non-hydrogen) atoms. The Morgan fingerprint density at radius 1 is 1.16 bits per heavy atom. The summed E-state index contributed by atoms with van der Waals surface area (Å²) in [7, 11) is 0. The Bertz CT molecular complexity index is 708. The third kappa shape index (κ3) is 2.57. The molecule has 1 aromatic heterocycles. The number of halogens is 1. The zero-order chi connectivity index (χ0) is 13.2. The first-order chi connectivity index (χ1) is 9.24. The Labute approximate surface area is 121 Å². The first-order valence-corrected chi connectivity index (χ1v) is 7.25. The standard InChI is InChI=1S/C15H13ClN2S/c1-10(11-5-4-6-12(16)9-11)17-15-13-7-2-3-8-14(13)18-19-15/h2-10,17H,1H3. The maximum atomic E-state index is 6.03. The van der Waals surface area contributed by atoms with Crippen LogP contribution in [0.5, 0.6) is 0 Å². The van der Waals surface area contributed by atoms with Crippen LogP contribution in [0.25, 0.3) is 10.9 Å². The number of fused-ring (bicyclic) bond motifs is 1. The molecule has 1 atom stereocenters. The van der Waals surface area contributed by atoms with Crippen molar-refractivity contribution in [1.29, 1.82) is 0 Å². The summed E-state index contributed by atoms with van der Waals surface area (Å²) in [5.41, 5.74) is 2.21. The number of hydrogen-bond donors (Lipinski definition) is 1. The van der Waals surface area contributed by atoms with Crippen LogP contribution in [0.3, 0.4) is 0 Å². The number of hydrogen-bond acceptors (Lipinski definition) is 3. The lowest BCUT2D eigenvalue weighted by Gasteiger charge is -2.14. The Balaban J connectivity index is 1.89. The summed E-state index contributed by atoms with van der Waals surface area (Å²) in [4.78, 5) is 0. The van der Waals surface area contributed by atoms with E-state index in [1.54, 1.807) is 0 Å². The van der Waals surface area contributed by atoms with Crippen LogP contribution in [-0.4, -0.2) is 4.37 Å². The molecule has 2 nitrogen and oxygen atoms in total. The zero-order valence-corrected chi connectivity index (χ0v) is 12.0. The van der Waals surface area contributed by atoms with Gasteiger partial charge < -0.3 is 5.32 Å². The van der Waals surface area contributed by atoms with Gasteiger partial charge in [0.1, 0.15) is 5.00 Å². The molecular weight excluding hydrogens is 276 g/mol. The summed E-state index contributed by atoms with van der Waals surface area (Å²) in [6.45, 7) is 2.13. The molecule has 4 heteroatoms. The second kappa shape index (κ2) is 5.19. The van der Waals surface area contributed by atoms with Gasteiger partial charge in [-0.05, 0) is 48.3 Å². The first kappa shape index (κ1) is 12.5. The molecule has 0 bridgehead atoms. The van der Waals surface area contributed by atoms with Crippen molar-refractivity contribution in [2.75, 3.05) is 5.32 Å². The van der Waals surface area contributed by atoms with Crippen LogP contribution in [0.4, 0.5) is 5.00 Å². The van der Waals surface area contributed by atoms with E-state index in [0.29, 0.717) is 0 Å². The van der Waals surface area contributed by atoms with Crippen molar-refractivity contribution in [3.63, 3.8) is 0 Å². The molecule has 2 aromatic carbocycles. The fraction of sp³-hybridized carbons (Fsp3) is 0.133. The van der Waals surface area contributed by atoms with Crippen LogP contribution in [0.15, 0.2) is 48.5 Å². The Morgan fingerprint density at radius 2 is 2.00 bits per heavy atom. The largest absolute Gasteiger partial charge is 0.369 e. The van der Waals surface area contributed by atoms with Crippen molar-refractivity contribution in [1.82, 2.24) is 4.37 Å². The van der Waals surface area contributed by atoms with Crippen molar-refractivity contribution in [2.24, 2.45) is 0 Å². The lowest BCUT2D eigenvalue weighted by atomic mass is 10.1. The number of aromatic nitrogens is 1. The van der Waals surface area contributed by atoms with Crippen molar-refractivity contribution in [3.8, 4) is 0 Å². The second-order valence-corrected chi connectivity index (χ2v) is 5.66. The molecule has 0 saturated heterocycles. The molecule has 3 rings (SSSR count). The number of nitrogens with zero attached hydrogens (tertiary/aromatic N) is 1. The van der Waals surface area contributed by atoms with E-state index < -0.39 is 0 Å². The molecule has 0 spiro atoms. The first-order valence-electron chi connectivity index (χ1n) is 6.10. The van der Waals surface area contributed by atoms with Gasteiger partial charge in [-0.2, -0.15) is 4.37 Å². The summed E-state index contributed by atoms with van der Waals surface area (Å²) in [6, 6.07) is 16.3. The predicted octanol–water partition coefficient (Wildman–Crippen LogP) is 5.12. The summed E-state index contributed by atoms with van der Waals surface area (Å²) in [5, 5.41) is 6.54. The van der Waals surface area contributed by atoms with Gasteiger partial charge in [0.05, 0.1) is 5.52 Å². The number of nitrogens with one attached hydrogen (secondary N) is 1. The fourth-order valence-electron chi connectivity index (χ4n) is 2.05. The maximum absolute atomic E-state index is 6.03. The minimum atomic E-state index is 0.197. The molecule has 3 aromatic rings. The smallest absolute Gasteiger partial charge is 0.117 e. The SMILES string of the molecule is CC(Nc1snc2ccccc12)c1cccc(Cl)c1. The molecule has 0 aliphatic carbocycles. The van der Waals surface area contributed by atoms with Gasteiger partial charge in [-0.3, -0.25) is 0 Å². The Kier molecular flexibility index (Phi) is 3.40. The van der Waals surface area contributed by atoms with E-state index in [1.165, 1.54) is 22.5 Å². The highest BCUT2D eigenvalue weighted by molar-refractivity contribution is 7.11. The highest BCUT2D eigenvalue weighted by Gasteiger charge is 2.10. The second-order valence-electron chi connectivity index (χ2n) is 4.45. The van der Waals surface area contributed by atoms with E-state index in [-0.39, 0.29) is 6.04 Å². The van der Waals surface area contributed by atoms with Gasteiger partial charge in [-0.25, -0.2) is 0 Å². The molecule has 1 heterocycles. The van der Waals surface area contributed by atoms with Crippen LogP contribution in [0.2, 0.25) is 5.02 Å². The molecule has 1 unspecified atom stereocenters. The van der Waals surface area contributed by atoms with E-state index in [2.05, 4.69) is 28.7 Å². The van der Waals surface area contributed by atoms with Crippen LogP contribution in [0.1, 0.15) is 18.5 Å². The maximum Gasteiger partial charge on any atom is 0.117 e. The molecule has 0 radical (unpaired) electrons. The van der Waals surface area contributed by atoms with Gasteiger partial charge in [-0.15, -0.1) is 0 Å². The molecule has 0 aliphatic heterocycles. The number of anilines is 1. The van der Waals surface area contributed by atoms with Crippen LogP contribution >= 0.6 is 23.1 Å². The molecule has 1 N–H and O–H groups in total. The van der Waals surface area contributed by atoms with Crippen LogP contribution in [-0.2, 0) is 0 Å². The van der Waals surface area contributed by atoms with E-state index in [0.717, 1.165) is 15.5 Å². The van der Waals surface area contributed by atoms with Gasteiger partial charge in [0.15, 0.2) is 0 Å². The molecule has 0 aliphatic rings. The summed E-state index contributed by atoms with van der Waals surface area (Å²) >= 11 is 7.52. The minimum absolute atomic E-state index is 0.197. The van der Waals surface area contributed by atoms with E-state index in [1.807, 2.05) is 36.4 Å². The van der Waals surface area contributed by atoms with Gasteiger partial charge in [0.25, 0.3) is 0 Å². The fourth-order valence-corrected chi connectivity index (χ4v) is 3.10. The van der Waals surface area contributed by atoms with E-state index in [4.69, 9.17) is 11.6 Å². The van der Waals surface area contributed by atoms with E-state index in [9.17, 15) is 0 Å². The normalized spacial score (nSPS) is 12.5. The molecule has 0 fully saturated rings. The van der Waals surface area contributed by atoms with Crippen molar-refractivity contribution < 1.29 is 0 Å². The van der Waals surface area contributed by atoms with Gasteiger partial charge in [0.2, 0.25) is 0 Å². The number of benzene rings is 2. The lowest BCUT2D eigenvalue weighted by molar-refractivity contribution is 0.891. The highest BCUT2D eigenvalue weighted by Crippen LogP contribution is 2.31. The lowest BCUT2D eigenvalue weighted by Crippen LogP contribution is -2.05. The van der Waals surface area contributed by atoms with Gasteiger partial charge in [0, 0.05) is 16.5 Å². The van der Waals surface area contributed by atoms with Crippen LogP contribution < -0.4 is 5.32 Å². The highest BCUT2D eigenvalue weighted by atomic mass is 35.5. The topological polar surface area (TPSA) is 24.9 Å². The van der Waals surface area contributed by atoms with Crippen molar-refractivity contribution >= 4 is 39.0 Å². The monoisotopic (exact) mass is 288 g/mol. The van der Waals surface area contributed by atoms with Crippen LogP contribution in [0, 0.1) is 0 Å². The zero-order valence-electron chi connectivity index (χ0n) is 10.4. The molecule has 0 saturated carbocycles. The summed E-state index contributed by atoms with van der Waals surface area (Å²) in [5.74, 6) is 0. The number of rotatable bonds is 3. The van der Waals surface area contributed by atoms with Crippen molar-refractivity contribution in [2.45, 2.75) is 13.0 Å². The molecular formula is C15H13ClN2S. The summed E-state index contributed by atoms with van der Waals surface area (Å²) < 4.78 is 4.44. The quantitative estimate of drug-likeness (QED) is 0.723.